The minimum Gasteiger partial charge on any atom is -0.481 e. The van der Waals surface area contributed by atoms with Crippen LogP contribution in [0.2, 0.25) is 0 Å². The van der Waals surface area contributed by atoms with Crippen LogP contribution in [0.25, 0.3) is 0 Å². The number of nitrogens with zero attached hydrogens (tertiary/aromatic N) is 1. The lowest BCUT2D eigenvalue weighted by Gasteiger charge is -2.28. The molecule has 1 saturated heterocycles. The molecule has 0 aliphatic carbocycles. The third-order valence-electron chi connectivity index (χ3n) is 4.27. The minimum atomic E-state index is -0.514. The first-order valence-electron chi connectivity index (χ1n) is 8.87. The van der Waals surface area contributed by atoms with Gasteiger partial charge in [0.05, 0.1) is 12.1 Å². The summed E-state index contributed by atoms with van der Waals surface area (Å²) >= 11 is 0. The number of benzene rings is 1. The van der Waals surface area contributed by atoms with Gasteiger partial charge in [-0.05, 0) is 49.6 Å². The minimum absolute atomic E-state index is 0.182. The molecule has 1 aromatic rings. The maximum Gasteiger partial charge on any atom is 0.251 e. The molecule has 1 fully saturated rings. The fraction of sp³-hybridized carbons (Fsp3) is 0.550. The normalized spacial score (nSPS) is 21.4. The van der Waals surface area contributed by atoms with Gasteiger partial charge in [-0.15, -0.1) is 6.42 Å². The predicted octanol–water partition coefficient (Wildman–Crippen LogP) is 1.91. The lowest BCUT2D eigenvalue weighted by molar-refractivity contribution is 0.0796. The summed E-state index contributed by atoms with van der Waals surface area (Å²) in [5.41, 5.74) is 0.542. The van der Waals surface area contributed by atoms with E-state index < -0.39 is 6.10 Å². The van der Waals surface area contributed by atoms with Gasteiger partial charge in [0.1, 0.15) is 12.4 Å². The van der Waals surface area contributed by atoms with Gasteiger partial charge >= 0.3 is 0 Å². The molecule has 0 saturated carbocycles. The van der Waals surface area contributed by atoms with Gasteiger partial charge in [-0.3, -0.25) is 4.79 Å². The summed E-state index contributed by atoms with van der Waals surface area (Å²) in [7, 11) is 0. The largest absolute Gasteiger partial charge is 0.481 e. The number of amides is 1. The van der Waals surface area contributed by atoms with Gasteiger partial charge in [0.25, 0.3) is 5.91 Å². The first-order valence-corrected chi connectivity index (χ1v) is 8.87. The van der Waals surface area contributed by atoms with Crippen molar-refractivity contribution < 1.29 is 14.6 Å². The van der Waals surface area contributed by atoms with E-state index in [-0.39, 0.29) is 18.6 Å². The SMILES string of the molecule is C#CCOc1ccc(C(=O)NC2CN(CC(C)C)CCCC2O)cc1. The Morgan fingerprint density at radius 2 is 2.16 bits per heavy atom. The quantitative estimate of drug-likeness (QED) is 0.774. The van der Waals surface area contributed by atoms with E-state index in [1.165, 1.54) is 0 Å². The second-order valence-corrected chi connectivity index (χ2v) is 6.96. The van der Waals surface area contributed by atoms with E-state index >= 15 is 0 Å². The van der Waals surface area contributed by atoms with Gasteiger partial charge in [-0.1, -0.05) is 19.8 Å². The average molecular weight is 344 g/mol. The molecule has 1 amide bonds. The number of hydrogen-bond acceptors (Lipinski definition) is 4. The molecule has 0 bridgehead atoms. The van der Waals surface area contributed by atoms with Gasteiger partial charge in [-0.25, -0.2) is 0 Å². The number of terminal acetylenes is 1. The fourth-order valence-corrected chi connectivity index (χ4v) is 3.12. The predicted molar refractivity (Wildman–Crippen MR) is 98.5 cm³/mol. The molecule has 2 rings (SSSR count). The highest BCUT2D eigenvalue weighted by Crippen LogP contribution is 2.15. The van der Waals surface area contributed by atoms with Gasteiger partial charge < -0.3 is 20.1 Å². The molecule has 136 valence electrons. The zero-order valence-electron chi connectivity index (χ0n) is 15.1. The van der Waals surface area contributed by atoms with E-state index in [0.29, 0.717) is 30.2 Å². The zero-order chi connectivity index (χ0) is 18.2. The summed E-state index contributed by atoms with van der Waals surface area (Å²) in [6, 6.07) is 6.60. The van der Waals surface area contributed by atoms with Crippen LogP contribution in [-0.2, 0) is 0 Å². The number of aliphatic hydroxyl groups is 1. The molecule has 1 aliphatic rings. The van der Waals surface area contributed by atoms with E-state index in [1.54, 1.807) is 24.3 Å². The Morgan fingerprint density at radius 1 is 1.44 bits per heavy atom. The fourth-order valence-electron chi connectivity index (χ4n) is 3.12. The van der Waals surface area contributed by atoms with E-state index in [4.69, 9.17) is 11.2 Å². The molecule has 1 heterocycles. The number of carbonyl (C=O) groups excluding carboxylic acids is 1. The summed E-state index contributed by atoms with van der Waals surface area (Å²) in [6.07, 6.45) is 6.30. The molecule has 2 unspecified atom stereocenters. The summed E-state index contributed by atoms with van der Waals surface area (Å²) in [5, 5.41) is 13.3. The molecule has 5 heteroatoms. The monoisotopic (exact) mass is 344 g/mol. The van der Waals surface area contributed by atoms with E-state index in [2.05, 4.69) is 30.0 Å². The summed E-state index contributed by atoms with van der Waals surface area (Å²) in [5.74, 6) is 3.41. The van der Waals surface area contributed by atoms with Crippen molar-refractivity contribution in [2.24, 2.45) is 5.92 Å². The van der Waals surface area contributed by atoms with E-state index in [9.17, 15) is 9.90 Å². The zero-order valence-corrected chi connectivity index (χ0v) is 15.1. The Morgan fingerprint density at radius 3 is 2.80 bits per heavy atom. The van der Waals surface area contributed by atoms with Crippen molar-refractivity contribution in [1.82, 2.24) is 10.2 Å². The molecular formula is C20H28N2O3. The van der Waals surface area contributed by atoms with Crippen LogP contribution in [0.4, 0.5) is 0 Å². The van der Waals surface area contributed by atoms with Gasteiger partial charge in [0.2, 0.25) is 0 Å². The molecule has 2 atom stereocenters. The molecule has 2 N–H and O–H groups in total. The number of ether oxygens (including phenoxy) is 1. The Labute approximate surface area is 150 Å². The van der Waals surface area contributed by atoms with Crippen LogP contribution >= 0.6 is 0 Å². The first-order chi connectivity index (χ1) is 12.0. The smallest absolute Gasteiger partial charge is 0.251 e. The average Bonchev–Trinajstić information content (AvgIpc) is 2.74. The molecule has 0 spiro atoms. The van der Waals surface area contributed by atoms with Crippen molar-refractivity contribution in [2.45, 2.75) is 38.8 Å². The maximum atomic E-state index is 12.5. The van der Waals surface area contributed by atoms with Crippen LogP contribution in [0.5, 0.6) is 5.75 Å². The molecule has 1 aromatic carbocycles. The van der Waals surface area contributed by atoms with Crippen molar-refractivity contribution in [3.05, 3.63) is 29.8 Å². The van der Waals surface area contributed by atoms with Gasteiger partial charge in [0, 0.05) is 18.7 Å². The third kappa shape index (κ3) is 6.08. The highest BCUT2D eigenvalue weighted by molar-refractivity contribution is 5.94. The summed E-state index contributed by atoms with van der Waals surface area (Å²) in [4.78, 5) is 14.8. The van der Waals surface area contributed by atoms with Gasteiger partial charge in [-0.2, -0.15) is 0 Å². The highest BCUT2D eigenvalue weighted by Gasteiger charge is 2.27. The molecule has 25 heavy (non-hydrogen) atoms. The second-order valence-electron chi connectivity index (χ2n) is 6.96. The van der Waals surface area contributed by atoms with E-state index in [0.717, 1.165) is 19.5 Å². The van der Waals surface area contributed by atoms with Crippen molar-refractivity contribution in [3.63, 3.8) is 0 Å². The Kier molecular flexibility index (Phi) is 7.30. The van der Waals surface area contributed by atoms with Crippen molar-refractivity contribution in [2.75, 3.05) is 26.2 Å². The molecule has 0 radical (unpaired) electrons. The first kappa shape index (κ1) is 19.3. The van der Waals surface area contributed by atoms with Crippen LogP contribution in [0.1, 0.15) is 37.0 Å². The standard InChI is InChI=1S/C20H28N2O3/c1-4-12-25-17-9-7-16(8-10-17)20(24)21-18-14-22(13-15(2)3)11-5-6-19(18)23/h1,7-10,15,18-19,23H,5-6,11-14H2,2-3H3,(H,21,24). The van der Waals surface area contributed by atoms with Gasteiger partial charge in [0.15, 0.2) is 0 Å². The highest BCUT2D eigenvalue weighted by atomic mass is 16.5. The molecule has 1 aliphatic heterocycles. The number of nitrogens with one attached hydrogen (secondary N) is 1. The van der Waals surface area contributed by atoms with Crippen LogP contribution in [-0.4, -0.2) is 54.3 Å². The third-order valence-corrected chi connectivity index (χ3v) is 4.27. The number of likely N-dealkylation sites (tertiary alicyclic amines) is 1. The van der Waals surface area contributed by atoms with Crippen LogP contribution in [0.15, 0.2) is 24.3 Å². The topological polar surface area (TPSA) is 61.8 Å². The lowest BCUT2D eigenvalue weighted by atomic mass is 10.1. The summed E-state index contributed by atoms with van der Waals surface area (Å²) < 4.78 is 5.31. The lowest BCUT2D eigenvalue weighted by Crippen LogP contribution is -2.49. The van der Waals surface area contributed by atoms with Crippen molar-refractivity contribution in [3.8, 4) is 18.1 Å². The number of aliphatic hydroxyl groups excluding tert-OH is 1. The van der Waals surface area contributed by atoms with Crippen LogP contribution < -0.4 is 10.1 Å². The van der Waals surface area contributed by atoms with Crippen molar-refractivity contribution >= 4 is 5.91 Å². The van der Waals surface area contributed by atoms with Crippen LogP contribution in [0.3, 0.4) is 0 Å². The number of hydrogen-bond donors (Lipinski definition) is 2. The Bertz CT molecular complexity index is 592. The Hall–Kier alpha value is -2.03. The molecule has 5 nitrogen and oxygen atoms in total. The van der Waals surface area contributed by atoms with Crippen LogP contribution in [0, 0.1) is 18.3 Å². The molecular weight excluding hydrogens is 316 g/mol. The second kappa shape index (κ2) is 9.45. The molecule has 0 aromatic heterocycles. The maximum absolute atomic E-state index is 12.5. The van der Waals surface area contributed by atoms with E-state index in [1.807, 2.05) is 0 Å². The summed E-state index contributed by atoms with van der Waals surface area (Å²) in [6.45, 7) is 7.17. The number of carbonyl (C=O) groups is 1. The number of rotatable bonds is 6. The Balaban J connectivity index is 1.98. The van der Waals surface area contributed by atoms with Crippen molar-refractivity contribution in [1.29, 1.82) is 0 Å².